The zero-order chi connectivity index (χ0) is 21.8. The summed E-state index contributed by atoms with van der Waals surface area (Å²) in [5, 5.41) is 11.4. The van der Waals surface area contributed by atoms with Gasteiger partial charge in [0, 0.05) is 30.7 Å². The van der Waals surface area contributed by atoms with Crippen LogP contribution in [0, 0.1) is 0 Å². The lowest BCUT2D eigenvalue weighted by Crippen LogP contribution is -2.41. The van der Waals surface area contributed by atoms with Gasteiger partial charge < -0.3 is 14.6 Å². The van der Waals surface area contributed by atoms with Crippen LogP contribution in [0.5, 0.6) is 0 Å². The van der Waals surface area contributed by atoms with Crippen molar-refractivity contribution in [3.63, 3.8) is 0 Å². The largest absolute Gasteiger partial charge is 0.379 e. The Kier molecular flexibility index (Phi) is 6.37. The molecule has 1 aliphatic rings. The molecular formula is C20H21N5O4S2. The lowest BCUT2D eigenvalue weighted by molar-refractivity contribution is 0.0730. The molecule has 0 atom stereocenters. The summed E-state index contributed by atoms with van der Waals surface area (Å²) in [5.74, 6) is -0.485. The van der Waals surface area contributed by atoms with E-state index >= 15 is 0 Å². The fourth-order valence-corrected chi connectivity index (χ4v) is 5.44. The molecule has 162 valence electrons. The third-order valence-electron chi connectivity index (χ3n) is 4.71. The SMILES string of the molecule is Cn1cnnc1Sc1ccc(NC(=O)c2ccccc2S(=O)(=O)N2CCOCC2)cc1. The summed E-state index contributed by atoms with van der Waals surface area (Å²) in [6.07, 6.45) is 1.62. The molecule has 11 heteroatoms. The molecule has 4 rings (SSSR count). The molecule has 0 spiro atoms. The number of ether oxygens (including phenoxy) is 1. The summed E-state index contributed by atoms with van der Waals surface area (Å²) in [6, 6.07) is 13.5. The van der Waals surface area contributed by atoms with E-state index in [1.807, 2.05) is 23.7 Å². The van der Waals surface area contributed by atoms with Crippen LogP contribution in [0.15, 0.2) is 69.8 Å². The molecule has 0 aliphatic carbocycles. The molecule has 9 nitrogen and oxygen atoms in total. The number of anilines is 1. The van der Waals surface area contributed by atoms with Crippen LogP contribution in [0.2, 0.25) is 0 Å². The maximum atomic E-state index is 13.1. The first-order valence-corrected chi connectivity index (χ1v) is 11.8. The minimum Gasteiger partial charge on any atom is -0.379 e. The zero-order valence-corrected chi connectivity index (χ0v) is 18.4. The summed E-state index contributed by atoms with van der Waals surface area (Å²) < 4.78 is 34.5. The average Bonchev–Trinajstić information content (AvgIpc) is 3.20. The van der Waals surface area contributed by atoms with Crippen LogP contribution in [0.25, 0.3) is 0 Å². The number of aromatic nitrogens is 3. The molecule has 0 unspecified atom stereocenters. The first-order chi connectivity index (χ1) is 14.9. The lowest BCUT2D eigenvalue weighted by atomic mass is 10.2. The van der Waals surface area contributed by atoms with Gasteiger partial charge in [0.05, 0.1) is 23.7 Å². The molecule has 1 aliphatic heterocycles. The molecular weight excluding hydrogens is 438 g/mol. The van der Waals surface area contributed by atoms with Crippen LogP contribution in [-0.4, -0.2) is 59.7 Å². The van der Waals surface area contributed by atoms with Gasteiger partial charge in [0.1, 0.15) is 6.33 Å². The van der Waals surface area contributed by atoms with E-state index in [0.29, 0.717) is 18.9 Å². The summed E-state index contributed by atoms with van der Waals surface area (Å²) in [7, 11) is -1.94. The molecule has 1 N–H and O–H groups in total. The number of carbonyl (C=O) groups excluding carboxylic acids is 1. The Balaban J connectivity index is 1.51. The van der Waals surface area contributed by atoms with Gasteiger partial charge in [-0.05, 0) is 48.2 Å². The maximum absolute atomic E-state index is 13.1. The quantitative estimate of drug-likeness (QED) is 0.602. The van der Waals surface area contributed by atoms with Gasteiger partial charge in [-0.2, -0.15) is 4.31 Å². The summed E-state index contributed by atoms with van der Waals surface area (Å²) in [6.45, 7) is 1.21. The predicted octanol–water partition coefficient (Wildman–Crippen LogP) is 2.24. The maximum Gasteiger partial charge on any atom is 0.257 e. The van der Waals surface area contributed by atoms with Crippen molar-refractivity contribution in [1.29, 1.82) is 0 Å². The van der Waals surface area contributed by atoms with Gasteiger partial charge in [0.15, 0.2) is 5.16 Å². The number of aryl methyl sites for hydroxylation is 1. The monoisotopic (exact) mass is 459 g/mol. The highest BCUT2D eigenvalue weighted by Crippen LogP contribution is 2.27. The number of benzene rings is 2. The number of morpholine rings is 1. The molecule has 0 bridgehead atoms. The molecule has 0 radical (unpaired) electrons. The molecule has 3 aromatic rings. The number of sulfonamides is 1. The number of rotatable bonds is 6. The Bertz CT molecular complexity index is 1170. The number of nitrogens with one attached hydrogen (secondary N) is 1. The molecule has 31 heavy (non-hydrogen) atoms. The van der Waals surface area contributed by atoms with Crippen molar-refractivity contribution in [3.05, 3.63) is 60.4 Å². The van der Waals surface area contributed by atoms with Gasteiger partial charge in [0.25, 0.3) is 5.91 Å². The first-order valence-electron chi connectivity index (χ1n) is 9.55. The van der Waals surface area contributed by atoms with Crippen molar-refractivity contribution in [2.75, 3.05) is 31.6 Å². The van der Waals surface area contributed by atoms with Crippen LogP contribution in [0.4, 0.5) is 5.69 Å². The summed E-state index contributed by atoms with van der Waals surface area (Å²) in [4.78, 5) is 13.8. The van der Waals surface area contributed by atoms with Crippen molar-refractivity contribution in [2.45, 2.75) is 14.9 Å². The number of hydrogen-bond acceptors (Lipinski definition) is 7. The Hall–Kier alpha value is -2.73. The molecule has 1 amide bonds. The van der Waals surface area contributed by atoms with Gasteiger partial charge in [-0.15, -0.1) is 10.2 Å². The molecule has 2 heterocycles. The van der Waals surface area contributed by atoms with Crippen molar-refractivity contribution in [2.24, 2.45) is 7.05 Å². The van der Waals surface area contributed by atoms with Crippen LogP contribution in [0.3, 0.4) is 0 Å². The van der Waals surface area contributed by atoms with Crippen molar-refractivity contribution < 1.29 is 17.9 Å². The van der Waals surface area contributed by atoms with Crippen LogP contribution >= 0.6 is 11.8 Å². The Morgan fingerprint density at radius 2 is 1.81 bits per heavy atom. The minimum absolute atomic E-state index is 0.0103. The highest BCUT2D eigenvalue weighted by atomic mass is 32.2. The van der Waals surface area contributed by atoms with Crippen LogP contribution in [0.1, 0.15) is 10.4 Å². The van der Waals surface area contributed by atoms with Crippen molar-refractivity contribution in [1.82, 2.24) is 19.1 Å². The highest BCUT2D eigenvalue weighted by Gasteiger charge is 2.30. The predicted molar refractivity (Wildman–Crippen MR) is 116 cm³/mol. The second-order valence-electron chi connectivity index (χ2n) is 6.82. The van der Waals surface area contributed by atoms with E-state index in [9.17, 15) is 13.2 Å². The first kappa shape index (κ1) is 21.5. The smallest absolute Gasteiger partial charge is 0.257 e. The van der Waals surface area contributed by atoms with Gasteiger partial charge in [-0.25, -0.2) is 8.42 Å². The Labute approximate surface area is 184 Å². The molecule has 1 aromatic heterocycles. The third-order valence-corrected chi connectivity index (χ3v) is 7.73. The van der Waals surface area contributed by atoms with Gasteiger partial charge >= 0.3 is 0 Å². The molecule has 1 fully saturated rings. The van der Waals surface area contributed by atoms with Gasteiger partial charge in [-0.1, -0.05) is 12.1 Å². The standard InChI is InChI=1S/C20H21N5O4S2/c1-24-14-21-23-20(24)30-16-8-6-15(7-9-16)22-19(26)17-4-2-3-5-18(17)31(27,28)25-10-12-29-13-11-25/h2-9,14H,10-13H2,1H3,(H,22,26). The Morgan fingerprint density at radius 1 is 1.10 bits per heavy atom. The van der Waals surface area contributed by atoms with E-state index in [0.717, 1.165) is 10.1 Å². The van der Waals surface area contributed by atoms with Crippen LogP contribution < -0.4 is 5.32 Å². The molecule has 0 saturated carbocycles. The van der Waals surface area contributed by atoms with Crippen molar-refractivity contribution >= 4 is 33.4 Å². The van der Waals surface area contributed by atoms with E-state index in [1.165, 1.54) is 28.2 Å². The normalized spacial score (nSPS) is 15.0. The zero-order valence-electron chi connectivity index (χ0n) is 16.8. The third kappa shape index (κ3) is 4.79. The lowest BCUT2D eigenvalue weighted by Gasteiger charge is -2.26. The van der Waals surface area contributed by atoms with Crippen molar-refractivity contribution in [3.8, 4) is 0 Å². The topological polar surface area (TPSA) is 106 Å². The number of amides is 1. The van der Waals surface area contributed by atoms with E-state index in [2.05, 4.69) is 15.5 Å². The molecule has 1 saturated heterocycles. The number of nitrogens with zero attached hydrogens (tertiary/aromatic N) is 4. The van der Waals surface area contributed by atoms with E-state index in [4.69, 9.17) is 4.74 Å². The second-order valence-corrected chi connectivity index (χ2v) is 9.76. The number of carbonyl (C=O) groups is 1. The summed E-state index contributed by atoms with van der Waals surface area (Å²) >= 11 is 1.45. The van der Waals surface area contributed by atoms with E-state index in [1.54, 1.807) is 30.6 Å². The summed E-state index contributed by atoms with van der Waals surface area (Å²) in [5.41, 5.74) is 0.664. The Morgan fingerprint density at radius 3 is 2.48 bits per heavy atom. The average molecular weight is 460 g/mol. The number of hydrogen-bond donors (Lipinski definition) is 1. The highest BCUT2D eigenvalue weighted by molar-refractivity contribution is 7.99. The van der Waals surface area contributed by atoms with E-state index in [-0.39, 0.29) is 23.5 Å². The molecule has 2 aromatic carbocycles. The fraction of sp³-hybridized carbons (Fsp3) is 0.250. The van der Waals surface area contributed by atoms with Crippen LogP contribution in [-0.2, 0) is 21.8 Å². The second kappa shape index (κ2) is 9.18. The van der Waals surface area contributed by atoms with Gasteiger partial charge in [-0.3, -0.25) is 4.79 Å². The van der Waals surface area contributed by atoms with Gasteiger partial charge in [0.2, 0.25) is 10.0 Å². The van der Waals surface area contributed by atoms with E-state index < -0.39 is 15.9 Å². The fourth-order valence-electron chi connectivity index (χ4n) is 3.08. The minimum atomic E-state index is -3.80.